The molecule has 3 rings (SSSR count). The van der Waals surface area contributed by atoms with Gasteiger partial charge in [0.15, 0.2) is 10.6 Å². The molecule has 10 heteroatoms. The number of nitrogens with zero attached hydrogens (tertiary/aromatic N) is 2. The summed E-state index contributed by atoms with van der Waals surface area (Å²) in [6, 6.07) is 8.19. The van der Waals surface area contributed by atoms with Gasteiger partial charge in [-0.15, -0.1) is 11.3 Å². The average molecular weight is 426 g/mol. The molecule has 5 nitrogen and oxygen atoms in total. The second-order valence-electron chi connectivity index (χ2n) is 6.14. The largest absolute Gasteiger partial charge is 0.416 e. The Hall–Kier alpha value is -2.46. The Labute approximate surface area is 168 Å². The van der Waals surface area contributed by atoms with Crippen LogP contribution >= 0.6 is 23.6 Å². The molecule has 3 aromatic rings. The zero-order valence-electron chi connectivity index (χ0n) is 14.8. The van der Waals surface area contributed by atoms with Gasteiger partial charge in [0.25, 0.3) is 0 Å². The lowest BCUT2D eigenvalue weighted by atomic mass is 10.0. The number of hydrogen-bond donors (Lipinski definition) is 2. The number of halogens is 3. The van der Waals surface area contributed by atoms with Crippen LogP contribution in [0, 0.1) is 4.77 Å². The molecule has 0 spiro atoms. The number of carbonyl (C=O) groups excluding carboxylic acids is 1. The summed E-state index contributed by atoms with van der Waals surface area (Å²) in [4.78, 5) is 13.2. The Kier molecular flexibility index (Phi) is 5.99. The van der Waals surface area contributed by atoms with E-state index >= 15 is 0 Å². The number of carbonyl (C=O) groups is 1. The molecule has 1 unspecified atom stereocenters. The first-order valence-corrected chi connectivity index (χ1v) is 9.70. The van der Waals surface area contributed by atoms with Crippen molar-refractivity contribution < 1.29 is 18.0 Å². The molecule has 148 valence electrons. The number of nitrogens with one attached hydrogen (secondary N) is 2. The quantitative estimate of drug-likeness (QED) is 0.548. The predicted molar refractivity (Wildman–Crippen MR) is 103 cm³/mol. The lowest BCUT2D eigenvalue weighted by Crippen LogP contribution is -2.27. The van der Waals surface area contributed by atoms with Crippen LogP contribution in [0.15, 0.2) is 41.8 Å². The van der Waals surface area contributed by atoms with Crippen molar-refractivity contribution in [2.45, 2.75) is 32.1 Å². The highest BCUT2D eigenvalue weighted by Crippen LogP contribution is 2.30. The summed E-state index contributed by atoms with van der Waals surface area (Å²) in [5.74, 6) is 0.365. The SMILES string of the molecule is CC(NC(=O)CCn1c(-c2cccs2)n[nH]c1=S)c1cccc(C(F)(F)F)c1. The summed E-state index contributed by atoms with van der Waals surface area (Å²) in [5, 5.41) is 11.6. The zero-order valence-corrected chi connectivity index (χ0v) is 16.4. The minimum atomic E-state index is -4.42. The monoisotopic (exact) mass is 426 g/mol. The van der Waals surface area contributed by atoms with E-state index in [0.29, 0.717) is 22.7 Å². The topological polar surface area (TPSA) is 62.7 Å². The summed E-state index contributed by atoms with van der Waals surface area (Å²) in [7, 11) is 0. The van der Waals surface area contributed by atoms with Crippen LogP contribution in [-0.2, 0) is 17.5 Å². The standard InChI is InChI=1S/C18H17F3N4OS2/c1-11(12-4-2-5-13(10-12)18(19,20)21)22-15(26)7-8-25-16(23-24-17(25)27)14-6-3-9-28-14/h2-6,9-11H,7-8H2,1H3,(H,22,26)(H,24,27). The molecule has 1 amide bonds. The van der Waals surface area contributed by atoms with E-state index < -0.39 is 17.8 Å². The summed E-state index contributed by atoms with van der Waals surface area (Å²) in [5.41, 5.74) is -0.348. The zero-order chi connectivity index (χ0) is 20.3. The van der Waals surface area contributed by atoms with Crippen molar-refractivity contribution in [1.29, 1.82) is 0 Å². The Bertz CT molecular complexity index is 1010. The molecule has 2 N–H and O–H groups in total. The molecule has 0 aliphatic heterocycles. The fourth-order valence-corrected chi connectivity index (χ4v) is 3.66. The lowest BCUT2D eigenvalue weighted by Gasteiger charge is -2.16. The third-order valence-corrected chi connectivity index (χ3v) is 5.33. The van der Waals surface area contributed by atoms with Crippen LogP contribution in [0.2, 0.25) is 0 Å². The van der Waals surface area contributed by atoms with E-state index in [0.717, 1.165) is 17.0 Å². The first-order chi connectivity index (χ1) is 13.3. The summed E-state index contributed by atoms with van der Waals surface area (Å²) < 4.78 is 40.7. The average Bonchev–Trinajstić information content (AvgIpc) is 3.29. The van der Waals surface area contributed by atoms with Crippen molar-refractivity contribution >= 4 is 29.5 Å². The highest BCUT2D eigenvalue weighted by molar-refractivity contribution is 7.71. The van der Waals surface area contributed by atoms with Crippen molar-refractivity contribution in [3.8, 4) is 10.7 Å². The van der Waals surface area contributed by atoms with Gasteiger partial charge in [-0.05, 0) is 48.3 Å². The van der Waals surface area contributed by atoms with Gasteiger partial charge in [0, 0.05) is 13.0 Å². The molecule has 2 heterocycles. The van der Waals surface area contributed by atoms with Crippen molar-refractivity contribution in [1.82, 2.24) is 20.1 Å². The molecule has 0 aliphatic carbocycles. The van der Waals surface area contributed by atoms with Crippen LogP contribution < -0.4 is 5.32 Å². The Morgan fingerprint density at radius 1 is 1.36 bits per heavy atom. The van der Waals surface area contributed by atoms with Crippen molar-refractivity contribution in [3.05, 3.63) is 57.7 Å². The van der Waals surface area contributed by atoms with Crippen LogP contribution in [0.4, 0.5) is 13.2 Å². The van der Waals surface area contributed by atoms with Crippen LogP contribution in [-0.4, -0.2) is 20.7 Å². The lowest BCUT2D eigenvalue weighted by molar-refractivity contribution is -0.137. The first-order valence-electron chi connectivity index (χ1n) is 8.41. The van der Waals surface area contributed by atoms with Crippen molar-refractivity contribution in [2.24, 2.45) is 0 Å². The van der Waals surface area contributed by atoms with Crippen LogP contribution in [0.3, 0.4) is 0 Å². The molecule has 0 aliphatic rings. The minimum absolute atomic E-state index is 0.121. The van der Waals surface area contributed by atoms with Gasteiger partial charge in [0.2, 0.25) is 5.91 Å². The smallest absolute Gasteiger partial charge is 0.350 e. The van der Waals surface area contributed by atoms with Gasteiger partial charge in [-0.1, -0.05) is 18.2 Å². The molecule has 2 aromatic heterocycles. The molecular weight excluding hydrogens is 409 g/mol. The van der Waals surface area contributed by atoms with Gasteiger partial charge in [-0.3, -0.25) is 14.5 Å². The van der Waals surface area contributed by atoms with E-state index in [9.17, 15) is 18.0 Å². The third kappa shape index (κ3) is 4.68. The molecule has 0 saturated carbocycles. The highest BCUT2D eigenvalue weighted by Gasteiger charge is 2.30. The predicted octanol–water partition coefficient (Wildman–Crippen LogP) is 4.96. The number of aromatic amines is 1. The summed E-state index contributed by atoms with van der Waals surface area (Å²) >= 11 is 6.73. The molecule has 0 saturated heterocycles. The molecule has 1 aromatic carbocycles. The van der Waals surface area contributed by atoms with Crippen LogP contribution in [0.5, 0.6) is 0 Å². The maximum Gasteiger partial charge on any atom is 0.416 e. The van der Waals surface area contributed by atoms with E-state index in [1.807, 2.05) is 17.5 Å². The normalized spacial score (nSPS) is 12.7. The first kappa shape index (κ1) is 20.3. The van der Waals surface area contributed by atoms with Gasteiger partial charge in [0.1, 0.15) is 0 Å². The van der Waals surface area contributed by atoms with Gasteiger partial charge in [-0.25, -0.2) is 0 Å². The second-order valence-corrected chi connectivity index (χ2v) is 7.48. The number of amides is 1. The highest BCUT2D eigenvalue weighted by atomic mass is 32.1. The number of alkyl halides is 3. The van der Waals surface area contributed by atoms with Gasteiger partial charge in [-0.2, -0.15) is 18.3 Å². The number of hydrogen-bond acceptors (Lipinski definition) is 4. The van der Waals surface area contributed by atoms with E-state index in [2.05, 4.69) is 15.5 Å². The van der Waals surface area contributed by atoms with E-state index in [1.54, 1.807) is 17.6 Å². The molecule has 0 fully saturated rings. The maximum absolute atomic E-state index is 12.9. The molecule has 0 bridgehead atoms. The van der Waals surface area contributed by atoms with Gasteiger partial charge in [0.05, 0.1) is 16.5 Å². The number of aromatic nitrogens is 3. The van der Waals surface area contributed by atoms with E-state index in [-0.39, 0.29) is 12.3 Å². The Balaban J connectivity index is 1.64. The third-order valence-electron chi connectivity index (χ3n) is 4.15. The fraction of sp³-hybridized carbons (Fsp3) is 0.278. The molecule has 1 atom stereocenters. The van der Waals surface area contributed by atoms with E-state index in [1.165, 1.54) is 17.4 Å². The van der Waals surface area contributed by atoms with Crippen LogP contribution in [0.25, 0.3) is 10.7 Å². The Morgan fingerprint density at radius 2 is 2.14 bits per heavy atom. The second kappa shape index (κ2) is 8.27. The summed E-state index contributed by atoms with van der Waals surface area (Å²) in [6.45, 7) is 1.96. The van der Waals surface area contributed by atoms with Gasteiger partial charge >= 0.3 is 6.18 Å². The summed E-state index contributed by atoms with van der Waals surface area (Å²) in [6.07, 6.45) is -4.30. The maximum atomic E-state index is 12.9. The fourth-order valence-electron chi connectivity index (χ4n) is 2.71. The number of benzene rings is 1. The van der Waals surface area contributed by atoms with Crippen molar-refractivity contribution in [2.75, 3.05) is 0 Å². The molecule has 0 radical (unpaired) electrons. The van der Waals surface area contributed by atoms with Gasteiger partial charge < -0.3 is 5.32 Å². The van der Waals surface area contributed by atoms with Crippen molar-refractivity contribution in [3.63, 3.8) is 0 Å². The minimum Gasteiger partial charge on any atom is -0.350 e. The Morgan fingerprint density at radius 3 is 2.82 bits per heavy atom. The number of H-pyrrole nitrogens is 1. The van der Waals surface area contributed by atoms with E-state index in [4.69, 9.17) is 12.2 Å². The molecule has 28 heavy (non-hydrogen) atoms. The van der Waals surface area contributed by atoms with Crippen LogP contribution in [0.1, 0.15) is 30.5 Å². The molecular formula is C18H17F3N4OS2. The number of thiophene rings is 1. The number of rotatable bonds is 6.